The molecule has 0 aliphatic heterocycles. The van der Waals surface area contributed by atoms with Crippen LogP contribution in [-0.4, -0.2) is 10.8 Å². The Morgan fingerprint density at radius 3 is 2.64 bits per heavy atom. The number of benzene rings is 2. The SMILES string of the molecule is CC(=O)c1ccc(Oc2nc3cc(C#N)ccc3c3sccc23)cc1. The molecule has 0 unspecified atom stereocenters. The second-order valence-electron chi connectivity index (χ2n) is 5.61. The maximum absolute atomic E-state index is 11.4. The lowest BCUT2D eigenvalue weighted by atomic mass is 10.1. The predicted octanol–water partition coefficient (Wildman–Crippen LogP) is 5.32. The van der Waals surface area contributed by atoms with Crippen LogP contribution in [0.15, 0.2) is 53.9 Å². The average Bonchev–Trinajstić information content (AvgIpc) is 3.12. The van der Waals surface area contributed by atoms with Gasteiger partial charge in [-0.05, 0) is 54.8 Å². The summed E-state index contributed by atoms with van der Waals surface area (Å²) in [7, 11) is 0. The number of pyridine rings is 1. The van der Waals surface area contributed by atoms with Gasteiger partial charge in [-0.25, -0.2) is 4.98 Å². The number of thiophene rings is 1. The molecular weight excluding hydrogens is 332 g/mol. The molecule has 0 fully saturated rings. The molecule has 0 N–H and O–H groups in total. The second-order valence-corrected chi connectivity index (χ2v) is 6.52. The number of hydrogen-bond acceptors (Lipinski definition) is 5. The Hall–Kier alpha value is -3.23. The fourth-order valence-electron chi connectivity index (χ4n) is 2.69. The van der Waals surface area contributed by atoms with Gasteiger partial charge in [0.2, 0.25) is 5.88 Å². The zero-order chi connectivity index (χ0) is 17.4. The normalized spacial score (nSPS) is 10.7. The molecule has 0 aliphatic carbocycles. The lowest BCUT2D eigenvalue weighted by molar-refractivity contribution is 0.101. The maximum Gasteiger partial charge on any atom is 0.228 e. The first kappa shape index (κ1) is 15.3. The summed E-state index contributed by atoms with van der Waals surface area (Å²) in [6.45, 7) is 1.53. The van der Waals surface area contributed by atoms with Crippen LogP contribution in [0.5, 0.6) is 11.6 Å². The van der Waals surface area contributed by atoms with Crippen LogP contribution in [0.2, 0.25) is 0 Å². The lowest BCUT2D eigenvalue weighted by Crippen LogP contribution is -1.93. The Balaban J connectivity index is 1.83. The Morgan fingerprint density at radius 2 is 1.92 bits per heavy atom. The van der Waals surface area contributed by atoms with Gasteiger partial charge in [0, 0.05) is 15.6 Å². The first-order valence-electron chi connectivity index (χ1n) is 7.65. The van der Waals surface area contributed by atoms with Gasteiger partial charge in [0.05, 0.1) is 22.5 Å². The van der Waals surface area contributed by atoms with Gasteiger partial charge >= 0.3 is 0 Å². The number of nitriles is 1. The Kier molecular flexibility index (Phi) is 3.68. The minimum Gasteiger partial charge on any atom is -0.438 e. The Bertz CT molecular complexity index is 1150. The molecule has 0 radical (unpaired) electrons. The maximum atomic E-state index is 11.4. The summed E-state index contributed by atoms with van der Waals surface area (Å²) >= 11 is 1.61. The number of ketones is 1. The summed E-state index contributed by atoms with van der Waals surface area (Å²) in [6, 6.07) is 16.6. The number of hydrogen-bond donors (Lipinski definition) is 0. The first-order valence-corrected chi connectivity index (χ1v) is 8.53. The molecule has 0 spiro atoms. The van der Waals surface area contributed by atoms with E-state index in [2.05, 4.69) is 11.1 Å². The van der Waals surface area contributed by atoms with E-state index >= 15 is 0 Å². The molecular formula is C20H12N2O2S. The van der Waals surface area contributed by atoms with Crippen molar-refractivity contribution in [2.45, 2.75) is 6.92 Å². The van der Waals surface area contributed by atoms with Crippen molar-refractivity contribution in [3.63, 3.8) is 0 Å². The van der Waals surface area contributed by atoms with E-state index in [9.17, 15) is 4.79 Å². The van der Waals surface area contributed by atoms with Crippen LogP contribution in [0.25, 0.3) is 21.0 Å². The molecule has 0 bridgehead atoms. The van der Waals surface area contributed by atoms with Gasteiger partial charge in [-0.15, -0.1) is 11.3 Å². The highest BCUT2D eigenvalue weighted by molar-refractivity contribution is 7.18. The molecule has 4 rings (SSSR count). The summed E-state index contributed by atoms with van der Waals surface area (Å²) in [5.74, 6) is 1.12. The number of rotatable bonds is 3. The van der Waals surface area contributed by atoms with Crippen molar-refractivity contribution in [1.29, 1.82) is 5.26 Å². The molecule has 0 atom stereocenters. The third-order valence-corrected chi connectivity index (χ3v) is 4.91. The van der Waals surface area contributed by atoms with Crippen LogP contribution >= 0.6 is 11.3 Å². The third-order valence-electron chi connectivity index (χ3n) is 3.96. The van der Waals surface area contributed by atoms with Gasteiger partial charge < -0.3 is 4.74 Å². The van der Waals surface area contributed by atoms with Crippen molar-refractivity contribution >= 4 is 38.1 Å². The number of Topliss-reactive ketones (excluding diaryl/α,β-unsaturated/α-hetero) is 1. The van der Waals surface area contributed by atoms with E-state index in [0.29, 0.717) is 22.8 Å². The van der Waals surface area contributed by atoms with Crippen LogP contribution in [-0.2, 0) is 0 Å². The van der Waals surface area contributed by atoms with Crippen molar-refractivity contribution in [1.82, 2.24) is 4.98 Å². The van der Waals surface area contributed by atoms with E-state index in [4.69, 9.17) is 10.00 Å². The fraction of sp³-hybridized carbons (Fsp3) is 0.0500. The lowest BCUT2D eigenvalue weighted by Gasteiger charge is -2.09. The topological polar surface area (TPSA) is 63.0 Å². The minimum absolute atomic E-state index is 0.0136. The van der Waals surface area contributed by atoms with Crippen molar-refractivity contribution in [3.05, 3.63) is 65.0 Å². The largest absolute Gasteiger partial charge is 0.438 e. The van der Waals surface area contributed by atoms with E-state index < -0.39 is 0 Å². The molecule has 5 heteroatoms. The van der Waals surface area contributed by atoms with Crippen molar-refractivity contribution in [2.75, 3.05) is 0 Å². The number of carbonyl (C=O) groups is 1. The summed E-state index contributed by atoms with van der Waals surface area (Å²) in [5.41, 5.74) is 1.93. The zero-order valence-corrected chi connectivity index (χ0v) is 14.1. The van der Waals surface area contributed by atoms with Gasteiger partial charge in [0.25, 0.3) is 0 Å². The highest BCUT2D eigenvalue weighted by atomic mass is 32.1. The average molecular weight is 344 g/mol. The van der Waals surface area contributed by atoms with E-state index in [1.165, 1.54) is 6.92 Å². The molecule has 120 valence electrons. The highest BCUT2D eigenvalue weighted by Gasteiger charge is 2.12. The fourth-order valence-corrected chi connectivity index (χ4v) is 3.61. The first-order chi connectivity index (χ1) is 12.2. The molecule has 4 aromatic rings. The van der Waals surface area contributed by atoms with E-state index in [1.54, 1.807) is 47.7 Å². The Labute approximate surface area is 147 Å². The van der Waals surface area contributed by atoms with Crippen LogP contribution in [0, 0.1) is 11.3 Å². The van der Waals surface area contributed by atoms with Gasteiger partial charge in [0.15, 0.2) is 5.78 Å². The molecule has 4 nitrogen and oxygen atoms in total. The zero-order valence-electron chi connectivity index (χ0n) is 13.3. The van der Waals surface area contributed by atoms with Gasteiger partial charge in [-0.2, -0.15) is 5.26 Å². The Morgan fingerprint density at radius 1 is 1.12 bits per heavy atom. The van der Waals surface area contributed by atoms with E-state index in [-0.39, 0.29) is 5.78 Å². The summed E-state index contributed by atoms with van der Waals surface area (Å²) in [4.78, 5) is 16.0. The molecule has 0 aliphatic rings. The van der Waals surface area contributed by atoms with Crippen LogP contribution in [0.1, 0.15) is 22.8 Å². The van der Waals surface area contributed by atoms with Crippen LogP contribution < -0.4 is 4.74 Å². The predicted molar refractivity (Wildman–Crippen MR) is 98.4 cm³/mol. The standard InChI is InChI=1S/C20H12N2O2S/c1-12(23)14-3-5-15(6-4-14)24-20-17-8-9-25-19(17)16-7-2-13(11-21)10-18(16)22-20/h2-10H,1H3. The van der Waals surface area contributed by atoms with Crippen molar-refractivity contribution in [2.24, 2.45) is 0 Å². The molecule has 0 saturated carbocycles. The van der Waals surface area contributed by atoms with E-state index in [1.807, 2.05) is 17.5 Å². The molecule has 0 saturated heterocycles. The van der Waals surface area contributed by atoms with Crippen molar-refractivity contribution in [3.8, 4) is 17.7 Å². The number of fused-ring (bicyclic) bond motifs is 3. The number of carbonyl (C=O) groups excluding carboxylic acids is 1. The van der Waals surface area contributed by atoms with Gasteiger partial charge in [0.1, 0.15) is 5.75 Å². The summed E-state index contributed by atoms with van der Waals surface area (Å²) < 4.78 is 7.04. The highest BCUT2D eigenvalue weighted by Crippen LogP contribution is 2.36. The molecule has 2 heterocycles. The molecule has 2 aromatic heterocycles. The van der Waals surface area contributed by atoms with Crippen LogP contribution in [0.4, 0.5) is 0 Å². The number of ether oxygens (including phenoxy) is 1. The second kappa shape index (κ2) is 6.00. The summed E-state index contributed by atoms with van der Waals surface area (Å²) in [5, 5.41) is 13.0. The number of aromatic nitrogens is 1. The van der Waals surface area contributed by atoms with Gasteiger partial charge in [-0.1, -0.05) is 6.07 Å². The molecule has 25 heavy (non-hydrogen) atoms. The third kappa shape index (κ3) is 2.73. The minimum atomic E-state index is 0.0136. The van der Waals surface area contributed by atoms with Crippen LogP contribution in [0.3, 0.4) is 0 Å². The quantitative estimate of drug-likeness (QED) is 0.472. The smallest absolute Gasteiger partial charge is 0.228 e. The van der Waals surface area contributed by atoms with Gasteiger partial charge in [-0.3, -0.25) is 4.79 Å². The van der Waals surface area contributed by atoms with Crippen molar-refractivity contribution < 1.29 is 9.53 Å². The van der Waals surface area contributed by atoms with E-state index in [0.717, 1.165) is 21.0 Å². The monoisotopic (exact) mass is 344 g/mol. The summed E-state index contributed by atoms with van der Waals surface area (Å²) in [6.07, 6.45) is 0. The molecule has 0 amide bonds. The number of nitrogens with zero attached hydrogens (tertiary/aromatic N) is 2. The molecule has 2 aromatic carbocycles.